The summed E-state index contributed by atoms with van der Waals surface area (Å²) in [5.41, 5.74) is 5.16. The van der Waals surface area contributed by atoms with Crippen molar-refractivity contribution >= 4 is 5.91 Å². The molecule has 4 nitrogen and oxygen atoms in total. The molecular weight excluding hydrogens is 142 g/mol. The maximum Gasteiger partial charge on any atom is 0.229 e. The Morgan fingerprint density at radius 2 is 2.36 bits per heavy atom. The van der Waals surface area contributed by atoms with Crippen molar-refractivity contribution in [3.8, 4) is 0 Å². The van der Waals surface area contributed by atoms with Crippen molar-refractivity contribution in [2.45, 2.75) is 19.3 Å². The van der Waals surface area contributed by atoms with Gasteiger partial charge >= 0.3 is 0 Å². The largest absolute Gasteiger partial charge is 0.369 e. The van der Waals surface area contributed by atoms with Gasteiger partial charge in [0, 0.05) is 6.20 Å². The first-order chi connectivity index (χ1) is 5.05. The summed E-state index contributed by atoms with van der Waals surface area (Å²) in [5, 5.41) is 6.52. The predicted molar refractivity (Wildman–Crippen MR) is 40.8 cm³/mol. The average Bonchev–Trinajstić information content (AvgIpc) is 2.37. The summed E-state index contributed by atoms with van der Waals surface area (Å²) in [4.78, 5) is 10.9. The van der Waals surface area contributed by atoms with E-state index in [9.17, 15) is 4.79 Å². The number of aromatic amines is 1. The lowest BCUT2D eigenvalue weighted by Gasteiger charge is -2.16. The zero-order valence-electron chi connectivity index (χ0n) is 6.59. The second-order valence-electron chi connectivity index (χ2n) is 2.95. The van der Waals surface area contributed by atoms with Gasteiger partial charge in [-0.1, -0.05) is 0 Å². The van der Waals surface area contributed by atoms with Gasteiger partial charge in [-0.3, -0.25) is 9.89 Å². The third-order valence-corrected chi connectivity index (χ3v) is 1.76. The Bertz CT molecular complexity index is 251. The number of rotatable bonds is 2. The van der Waals surface area contributed by atoms with E-state index in [0.717, 1.165) is 0 Å². The molecular formula is C7H11N3O. The molecule has 0 saturated carbocycles. The molecule has 0 aromatic carbocycles. The molecule has 1 aromatic heterocycles. The van der Waals surface area contributed by atoms with E-state index in [2.05, 4.69) is 10.2 Å². The zero-order valence-corrected chi connectivity index (χ0v) is 6.59. The Labute approximate surface area is 64.8 Å². The van der Waals surface area contributed by atoms with E-state index in [1.54, 1.807) is 26.1 Å². The summed E-state index contributed by atoms with van der Waals surface area (Å²) in [6.45, 7) is 3.48. The molecule has 0 bridgehead atoms. The first-order valence-electron chi connectivity index (χ1n) is 3.35. The van der Waals surface area contributed by atoms with E-state index >= 15 is 0 Å². The van der Waals surface area contributed by atoms with Gasteiger partial charge in [0.2, 0.25) is 5.91 Å². The second kappa shape index (κ2) is 2.38. The van der Waals surface area contributed by atoms with E-state index in [0.29, 0.717) is 5.69 Å². The summed E-state index contributed by atoms with van der Waals surface area (Å²) >= 11 is 0. The van der Waals surface area contributed by atoms with Gasteiger partial charge < -0.3 is 5.73 Å². The molecule has 60 valence electrons. The SMILES string of the molecule is CC(C)(C(N)=O)c1cc[nH]n1. The highest BCUT2D eigenvalue weighted by molar-refractivity contribution is 5.85. The highest BCUT2D eigenvalue weighted by Gasteiger charge is 2.29. The van der Waals surface area contributed by atoms with Crippen LogP contribution in [-0.2, 0) is 10.2 Å². The summed E-state index contributed by atoms with van der Waals surface area (Å²) in [7, 11) is 0. The minimum atomic E-state index is -0.681. The molecule has 0 aliphatic rings. The molecule has 0 aliphatic heterocycles. The standard InChI is InChI=1S/C7H11N3O/c1-7(2,6(8)11)5-3-4-9-10-5/h3-4H,1-2H3,(H2,8,11)(H,9,10). The van der Waals surface area contributed by atoms with Gasteiger partial charge in [0.1, 0.15) is 0 Å². The third kappa shape index (κ3) is 1.24. The van der Waals surface area contributed by atoms with Crippen LogP contribution in [0.15, 0.2) is 12.3 Å². The number of nitrogens with two attached hydrogens (primary N) is 1. The number of aromatic nitrogens is 2. The number of hydrogen-bond acceptors (Lipinski definition) is 2. The Balaban J connectivity index is 3.00. The van der Waals surface area contributed by atoms with E-state index in [1.807, 2.05) is 0 Å². The van der Waals surface area contributed by atoms with Crippen molar-refractivity contribution in [2.75, 3.05) is 0 Å². The van der Waals surface area contributed by atoms with Crippen molar-refractivity contribution in [2.24, 2.45) is 5.73 Å². The van der Waals surface area contributed by atoms with Crippen LogP contribution in [0.1, 0.15) is 19.5 Å². The van der Waals surface area contributed by atoms with Gasteiger partial charge in [0.25, 0.3) is 0 Å². The second-order valence-corrected chi connectivity index (χ2v) is 2.95. The van der Waals surface area contributed by atoms with Crippen LogP contribution in [-0.4, -0.2) is 16.1 Å². The van der Waals surface area contributed by atoms with Crippen LogP contribution in [0.3, 0.4) is 0 Å². The number of nitrogens with one attached hydrogen (secondary N) is 1. The highest BCUT2D eigenvalue weighted by atomic mass is 16.1. The molecule has 11 heavy (non-hydrogen) atoms. The monoisotopic (exact) mass is 153 g/mol. The molecule has 0 unspecified atom stereocenters. The highest BCUT2D eigenvalue weighted by Crippen LogP contribution is 2.19. The average molecular weight is 153 g/mol. The topological polar surface area (TPSA) is 71.8 Å². The van der Waals surface area contributed by atoms with Gasteiger partial charge in [-0.15, -0.1) is 0 Å². The van der Waals surface area contributed by atoms with E-state index in [4.69, 9.17) is 5.73 Å². The van der Waals surface area contributed by atoms with Crippen LogP contribution in [0.25, 0.3) is 0 Å². The molecule has 1 heterocycles. The van der Waals surface area contributed by atoms with Crippen LogP contribution >= 0.6 is 0 Å². The van der Waals surface area contributed by atoms with Crippen LogP contribution in [0.4, 0.5) is 0 Å². The number of carbonyl (C=O) groups is 1. The van der Waals surface area contributed by atoms with E-state index < -0.39 is 5.41 Å². The van der Waals surface area contributed by atoms with Crippen molar-refractivity contribution in [3.63, 3.8) is 0 Å². The lowest BCUT2D eigenvalue weighted by molar-refractivity contribution is -0.122. The number of H-pyrrole nitrogens is 1. The molecule has 0 atom stereocenters. The lowest BCUT2D eigenvalue weighted by Crippen LogP contribution is -2.35. The summed E-state index contributed by atoms with van der Waals surface area (Å²) in [6.07, 6.45) is 1.67. The fraction of sp³-hybridized carbons (Fsp3) is 0.429. The number of amides is 1. The van der Waals surface area contributed by atoms with E-state index in [-0.39, 0.29) is 5.91 Å². The molecule has 1 rings (SSSR count). The molecule has 0 saturated heterocycles. The van der Waals surface area contributed by atoms with Crippen LogP contribution in [0, 0.1) is 0 Å². The maximum absolute atomic E-state index is 10.9. The number of nitrogens with zero attached hydrogens (tertiary/aromatic N) is 1. The quantitative estimate of drug-likeness (QED) is 0.635. The Kier molecular flexibility index (Phi) is 1.68. The van der Waals surface area contributed by atoms with Crippen LogP contribution < -0.4 is 5.73 Å². The molecule has 0 aliphatic carbocycles. The first kappa shape index (κ1) is 7.78. The Morgan fingerprint density at radius 3 is 2.73 bits per heavy atom. The number of hydrogen-bond donors (Lipinski definition) is 2. The molecule has 1 aromatic rings. The number of carbonyl (C=O) groups excluding carboxylic acids is 1. The molecule has 0 spiro atoms. The molecule has 4 heteroatoms. The van der Waals surface area contributed by atoms with Crippen molar-refractivity contribution < 1.29 is 4.79 Å². The Morgan fingerprint density at radius 1 is 1.73 bits per heavy atom. The van der Waals surface area contributed by atoms with Crippen LogP contribution in [0.2, 0.25) is 0 Å². The predicted octanol–water partition coefficient (Wildman–Crippen LogP) is 0.173. The summed E-state index contributed by atoms with van der Waals surface area (Å²) < 4.78 is 0. The van der Waals surface area contributed by atoms with Gasteiger partial charge in [0.15, 0.2) is 0 Å². The Hall–Kier alpha value is -1.32. The number of primary amides is 1. The first-order valence-corrected chi connectivity index (χ1v) is 3.35. The van der Waals surface area contributed by atoms with Crippen molar-refractivity contribution in [1.82, 2.24) is 10.2 Å². The maximum atomic E-state index is 10.9. The molecule has 0 fully saturated rings. The van der Waals surface area contributed by atoms with Crippen LogP contribution in [0.5, 0.6) is 0 Å². The summed E-state index contributed by atoms with van der Waals surface area (Å²) in [6, 6.07) is 1.74. The van der Waals surface area contributed by atoms with E-state index in [1.165, 1.54) is 0 Å². The fourth-order valence-electron chi connectivity index (χ4n) is 0.735. The van der Waals surface area contributed by atoms with Gasteiger partial charge in [-0.25, -0.2) is 0 Å². The summed E-state index contributed by atoms with van der Waals surface area (Å²) in [5.74, 6) is -0.371. The minimum Gasteiger partial charge on any atom is -0.369 e. The van der Waals surface area contributed by atoms with Gasteiger partial charge in [-0.05, 0) is 19.9 Å². The molecule has 1 amide bonds. The van der Waals surface area contributed by atoms with Gasteiger partial charge in [-0.2, -0.15) is 5.10 Å². The van der Waals surface area contributed by atoms with Gasteiger partial charge in [0.05, 0.1) is 11.1 Å². The normalized spacial score (nSPS) is 11.5. The zero-order chi connectivity index (χ0) is 8.48. The van der Waals surface area contributed by atoms with Crippen molar-refractivity contribution in [3.05, 3.63) is 18.0 Å². The third-order valence-electron chi connectivity index (χ3n) is 1.76. The smallest absolute Gasteiger partial charge is 0.229 e. The lowest BCUT2D eigenvalue weighted by atomic mass is 9.89. The van der Waals surface area contributed by atoms with Crippen molar-refractivity contribution in [1.29, 1.82) is 0 Å². The fourth-order valence-corrected chi connectivity index (χ4v) is 0.735. The minimum absolute atomic E-state index is 0.371. The molecule has 3 N–H and O–H groups in total. The molecule has 0 radical (unpaired) electrons.